The number of nitrogens with one attached hydrogen (secondary N) is 1. The second kappa shape index (κ2) is 4.58. The third kappa shape index (κ3) is 1.97. The van der Waals surface area contributed by atoms with Gasteiger partial charge >= 0.3 is 0 Å². The zero-order valence-electron chi connectivity index (χ0n) is 10.5. The molecule has 1 saturated carbocycles. The molecule has 0 aromatic carbocycles. The van der Waals surface area contributed by atoms with Crippen LogP contribution in [0.15, 0.2) is 0 Å². The van der Waals surface area contributed by atoms with Crippen LogP contribution in [0.5, 0.6) is 0 Å². The van der Waals surface area contributed by atoms with Gasteiger partial charge in [0.25, 0.3) is 0 Å². The van der Waals surface area contributed by atoms with E-state index in [1.54, 1.807) is 0 Å². The van der Waals surface area contributed by atoms with E-state index in [0.29, 0.717) is 24.0 Å². The number of fused-ring (bicyclic) bond motifs is 1. The molecule has 1 amide bonds. The second-order valence-corrected chi connectivity index (χ2v) is 5.65. The van der Waals surface area contributed by atoms with Gasteiger partial charge in [-0.1, -0.05) is 6.92 Å². The van der Waals surface area contributed by atoms with Crippen LogP contribution < -0.4 is 5.32 Å². The van der Waals surface area contributed by atoms with E-state index < -0.39 is 0 Å². The molecule has 4 heteroatoms. The van der Waals surface area contributed by atoms with Gasteiger partial charge in [-0.3, -0.25) is 4.79 Å². The Morgan fingerprint density at radius 3 is 2.94 bits per heavy atom. The molecule has 0 bridgehead atoms. The maximum absolute atomic E-state index is 12.5. The summed E-state index contributed by atoms with van der Waals surface area (Å²) in [5.74, 6) is 1.08. The maximum atomic E-state index is 12.5. The van der Waals surface area contributed by atoms with Gasteiger partial charge in [0, 0.05) is 12.5 Å². The summed E-state index contributed by atoms with van der Waals surface area (Å²) >= 11 is 0. The second-order valence-electron chi connectivity index (χ2n) is 5.65. The van der Waals surface area contributed by atoms with Crippen LogP contribution in [0, 0.1) is 11.8 Å². The van der Waals surface area contributed by atoms with Crippen LogP contribution in [0.2, 0.25) is 0 Å². The number of hydrogen-bond acceptors (Lipinski definition) is 3. The van der Waals surface area contributed by atoms with E-state index in [4.69, 9.17) is 4.74 Å². The Morgan fingerprint density at radius 1 is 1.41 bits per heavy atom. The molecule has 3 rings (SSSR count). The molecule has 3 aliphatic rings. The van der Waals surface area contributed by atoms with Gasteiger partial charge in [-0.2, -0.15) is 0 Å². The fourth-order valence-electron chi connectivity index (χ4n) is 3.33. The van der Waals surface area contributed by atoms with E-state index in [9.17, 15) is 4.79 Å². The highest BCUT2D eigenvalue weighted by Crippen LogP contribution is 2.31. The minimum Gasteiger partial charge on any atom is -0.374 e. The Hall–Kier alpha value is -0.610. The minimum atomic E-state index is 0.176. The van der Waals surface area contributed by atoms with Crippen molar-refractivity contribution >= 4 is 5.91 Å². The van der Waals surface area contributed by atoms with E-state index in [-0.39, 0.29) is 5.92 Å². The quantitative estimate of drug-likeness (QED) is 0.767. The lowest BCUT2D eigenvalue weighted by Crippen LogP contribution is -2.56. The van der Waals surface area contributed by atoms with Gasteiger partial charge in [0.2, 0.25) is 5.91 Å². The largest absolute Gasteiger partial charge is 0.374 e. The van der Waals surface area contributed by atoms with Crippen LogP contribution >= 0.6 is 0 Å². The number of morpholine rings is 1. The monoisotopic (exact) mass is 238 g/mol. The van der Waals surface area contributed by atoms with Crippen LogP contribution in [0.25, 0.3) is 0 Å². The third-order valence-electron chi connectivity index (χ3n) is 4.67. The summed E-state index contributed by atoms with van der Waals surface area (Å²) in [4.78, 5) is 14.6. The van der Waals surface area contributed by atoms with Crippen LogP contribution in [-0.4, -0.2) is 49.2 Å². The molecule has 1 aliphatic carbocycles. The van der Waals surface area contributed by atoms with E-state index in [1.165, 1.54) is 6.42 Å². The van der Waals surface area contributed by atoms with Gasteiger partial charge in [-0.05, 0) is 38.3 Å². The molecule has 3 fully saturated rings. The van der Waals surface area contributed by atoms with Crippen molar-refractivity contribution in [1.29, 1.82) is 0 Å². The van der Waals surface area contributed by atoms with E-state index in [0.717, 1.165) is 39.1 Å². The maximum Gasteiger partial charge on any atom is 0.226 e. The SMILES string of the molecule is CC(C(=O)N1CCOC2CCCC21)C1CNC1. The first-order valence-corrected chi connectivity index (χ1v) is 6.90. The van der Waals surface area contributed by atoms with E-state index in [1.807, 2.05) is 0 Å². The molecule has 96 valence electrons. The summed E-state index contributed by atoms with van der Waals surface area (Å²) in [6.07, 6.45) is 3.79. The highest BCUT2D eigenvalue weighted by atomic mass is 16.5. The van der Waals surface area contributed by atoms with Crippen molar-refractivity contribution in [3.63, 3.8) is 0 Å². The predicted molar refractivity (Wildman–Crippen MR) is 64.6 cm³/mol. The summed E-state index contributed by atoms with van der Waals surface area (Å²) in [5.41, 5.74) is 0. The summed E-state index contributed by atoms with van der Waals surface area (Å²) < 4.78 is 5.76. The molecule has 4 nitrogen and oxygen atoms in total. The van der Waals surface area contributed by atoms with Gasteiger partial charge in [0.05, 0.1) is 18.8 Å². The summed E-state index contributed by atoms with van der Waals surface area (Å²) in [6.45, 7) is 5.62. The summed E-state index contributed by atoms with van der Waals surface area (Å²) in [6, 6.07) is 0.367. The molecule has 2 heterocycles. The first-order chi connectivity index (χ1) is 8.27. The molecule has 3 atom stereocenters. The molecule has 1 N–H and O–H groups in total. The van der Waals surface area contributed by atoms with Crippen LogP contribution in [-0.2, 0) is 9.53 Å². The lowest BCUT2D eigenvalue weighted by Gasteiger charge is -2.41. The molecular weight excluding hydrogens is 216 g/mol. The number of amides is 1. The fraction of sp³-hybridized carbons (Fsp3) is 0.923. The van der Waals surface area contributed by atoms with Gasteiger partial charge in [-0.25, -0.2) is 0 Å². The number of ether oxygens (including phenoxy) is 1. The first-order valence-electron chi connectivity index (χ1n) is 6.90. The highest BCUT2D eigenvalue weighted by molar-refractivity contribution is 5.79. The number of rotatable bonds is 2. The molecular formula is C13H22N2O2. The van der Waals surface area contributed by atoms with E-state index in [2.05, 4.69) is 17.1 Å². The van der Waals surface area contributed by atoms with Crippen molar-refractivity contribution in [3.8, 4) is 0 Å². The number of nitrogens with zero attached hydrogens (tertiary/aromatic N) is 1. The van der Waals surface area contributed by atoms with Gasteiger partial charge in [0.1, 0.15) is 0 Å². The van der Waals surface area contributed by atoms with Crippen molar-refractivity contribution in [2.75, 3.05) is 26.2 Å². The van der Waals surface area contributed by atoms with E-state index >= 15 is 0 Å². The zero-order chi connectivity index (χ0) is 11.8. The Morgan fingerprint density at radius 2 is 2.24 bits per heavy atom. The average Bonchev–Trinajstić information content (AvgIpc) is 2.73. The third-order valence-corrected chi connectivity index (χ3v) is 4.67. The van der Waals surface area contributed by atoms with Crippen LogP contribution in [0.3, 0.4) is 0 Å². The minimum absolute atomic E-state index is 0.176. The smallest absolute Gasteiger partial charge is 0.226 e. The predicted octanol–water partition coefficient (Wildman–Crippen LogP) is 0.622. The van der Waals surface area contributed by atoms with Crippen LogP contribution in [0.4, 0.5) is 0 Å². The molecule has 2 saturated heterocycles. The average molecular weight is 238 g/mol. The highest BCUT2D eigenvalue weighted by Gasteiger charge is 2.41. The molecule has 0 radical (unpaired) electrons. The fourth-order valence-corrected chi connectivity index (χ4v) is 3.33. The van der Waals surface area contributed by atoms with Crippen molar-refractivity contribution in [1.82, 2.24) is 10.2 Å². The summed E-state index contributed by atoms with van der Waals surface area (Å²) in [5, 5.41) is 3.25. The number of carbonyl (C=O) groups is 1. The Balaban J connectivity index is 1.67. The van der Waals surface area contributed by atoms with Crippen molar-refractivity contribution in [2.24, 2.45) is 11.8 Å². The lowest BCUT2D eigenvalue weighted by molar-refractivity contribution is -0.150. The van der Waals surface area contributed by atoms with Gasteiger partial charge in [-0.15, -0.1) is 0 Å². The molecule has 0 spiro atoms. The number of hydrogen-bond donors (Lipinski definition) is 1. The normalized spacial score (nSPS) is 35.2. The van der Waals surface area contributed by atoms with Crippen molar-refractivity contribution in [2.45, 2.75) is 38.3 Å². The topological polar surface area (TPSA) is 41.6 Å². The molecule has 2 aliphatic heterocycles. The standard InChI is InChI=1S/C13H22N2O2/c1-9(10-7-14-8-10)13(16)15-5-6-17-12-4-2-3-11(12)15/h9-12,14H,2-8H2,1H3. The van der Waals surface area contributed by atoms with Gasteiger partial charge in [0.15, 0.2) is 0 Å². The zero-order valence-corrected chi connectivity index (χ0v) is 10.5. The Kier molecular flexibility index (Phi) is 3.09. The number of carbonyl (C=O) groups excluding carboxylic acids is 1. The molecule has 0 aromatic rings. The first kappa shape index (κ1) is 11.5. The van der Waals surface area contributed by atoms with Gasteiger partial charge < -0.3 is 15.0 Å². The Labute approximate surface area is 103 Å². The van der Waals surface area contributed by atoms with Crippen molar-refractivity contribution < 1.29 is 9.53 Å². The molecule has 0 aromatic heterocycles. The molecule has 17 heavy (non-hydrogen) atoms. The van der Waals surface area contributed by atoms with Crippen LogP contribution in [0.1, 0.15) is 26.2 Å². The van der Waals surface area contributed by atoms with Crippen molar-refractivity contribution in [3.05, 3.63) is 0 Å². The molecule has 3 unspecified atom stereocenters. The Bertz CT molecular complexity index is 304. The summed E-state index contributed by atoms with van der Waals surface area (Å²) in [7, 11) is 0. The lowest BCUT2D eigenvalue weighted by atomic mass is 9.87.